The van der Waals surface area contributed by atoms with Crippen molar-refractivity contribution < 1.29 is 42.9 Å². The van der Waals surface area contributed by atoms with Crippen molar-refractivity contribution in [3.8, 4) is 28.1 Å². The second kappa shape index (κ2) is 19.7. The van der Waals surface area contributed by atoms with Gasteiger partial charge < -0.3 is 54.1 Å². The van der Waals surface area contributed by atoms with E-state index in [-0.39, 0.29) is 29.7 Å². The number of alkyl carbamates (subject to hydrolysis) is 2. The Balaban J connectivity index is 0.918. The summed E-state index contributed by atoms with van der Waals surface area (Å²) in [5, 5.41) is 7.37. The number of nitrogens with zero attached hydrogens (tertiary/aromatic N) is 4. The van der Waals surface area contributed by atoms with Crippen LogP contribution in [0.25, 0.3) is 44.2 Å². The third kappa shape index (κ3) is 8.89. The molecule has 6 atom stereocenters. The van der Waals surface area contributed by atoms with Crippen molar-refractivity contribution >= 4 is 45.8 Å². The number of carbonyl (C=O) groups is 4. The highest BCUT2D eigenvalue weighted by atomic mass is 16.5. The van der Waals surface area contributed by atoms with E-state index in [0.717, 1.165) is 55.5 Å². The average molecular weight is 947 g/mol. The molecule has 6 unspecified atom stereocenters. The van der Waals surface area contributed by atoms with Crippen molar-refractivity contribution in [3.63, 3.8) is 0 Å². The van der Waals surface area contributed by atoms with E-state index in [9.17, 15) is 19.2 Å². The van der Waals surface area contributed by atoms with Crippen LogP contribution in [-0.2, 0) is 35.1 Å². The monoisotopic (exact) mass is 946 g/mol. The summed E-state index contributed by atoms with van der Waals surface area (Å²) >= 11 is 0. The molecule has 17 nitrogen and oxygen atoms in total. The number of hydrogen-bond donors (Lipinski definition) is 4. The molecule has 7 aromatic rings. The van der Waals surface area contributed by atoms with Gasteiger partial charge in [-0.15, -0.1) is 0 Å². The Morgan fingerprint density at radius 1 is 0.700 bits per heavy atom. The predicted octanol–water partition coefficient (Wildman–Crippen LogP) is 7.93. The number of imidazole rings is 2. The lowest BCUT2D eigenvalue weighted by molar-refractivity contribution is -0.135. The molecule has 70 heavy (non-hydrogen) atoms. The summed E-state index contributed by atoms with van der Waals surface area (Å²) in [7, 11) is 5.85. The van der Waals surface area contributed by atoms with Crippen molar-refractivity contribution in [1.29, 1.82) is 0 Å². The molecule has 360 valence electrons. The highest BCUT2D eigenvalue weighted by molar-refractivity contribution is 6.07. The quantitative estimate of drug-likeness (QED) is 0.0875. The molecule has 5 aromatic carbocycles. The van der Waals surface area contributed by atoms with Crippen LogP contribution in [0.2, 0.25) is 0 Å². The maximum Gasteiger partial charge on any atom is 0.407 e. The van der Waals surface area contributed by atoms with E-state index in [0.29, 0.717) is 68.5 Å². The first-order valence-corrected chi connectivity index (χ1v) is 23.3. The smallest absolute Gasteiger partial charge is 0.407 e. The number of likely N-dealkylation sites (tertiary alicyclic amines) is 2. The molecule has 0 radical (unpaired) electrons. The van der Waals surface area contributed by atoms with Gasteiger partial charge in [0, 0.05) is 50.1 Å². The average Bonchev–Trinajstić information content (AvgIpc) is 4.23. The number of nitrogens with one attached hydrogen (secondary N) is 4. The summed E-state index contributed by atoms with van der Waals surface area (Å²) in [6, 6.07) is 30.1. The van der Waals surface area contributed by atoms with Crippen LogP contribution in [0, 0.1) is 11.8 Å². The fourth-order valence-electron chi connectivity index (χ4n) is 10.4. The van der Waals surface area contributed by atoms with E-state index < -0.39 is 30.3 Å². The zero-order valence-electron chi connectivity index (χ0n) is 39.3. The lowest BCUT2D eigenvalue weighted by atomic mass is 9.92. The zero-order valence-corrected chi connectivity index (χ0v) is 39.3. The van der Waals surface area contributed by atoms with E-state index in [4.69, 9.17) is 33.7 Å². The molecule has 10 rings (SSSR count). The second-order valence-electron chi connectivity index (χ2n) is 18.1. The minimum absolute atomic E-state index is 0.0495. The molecule has 3 aliphatic heterocycles. The first-order valence-electron chi connectivity index (χ1n) is 23.3. The molecular formula is C53H54N8O9. The number of aromatic nitrogens is 4. The van der Waals surface area contributed by atoms with Gasteiger partial charge in [-0.2, -0.15) is 0 Å². The molecule has 4 amide bonds. The molecule has 17 heteroatoms. The number of benzene rings is 5. The van der Waals surface area contributed by atoms with Gasteiger partial charge in [0.15, 0.2) is 0 Å². The number of methoxy groups -OCH3 is 4. The van der Waals surface area contributed by atoms with E-state index in [1.54, 1.807) is 30.2 Å². The number of H-pyrrole nitrogens is 2. The minimum atomic E-state index is -0.963. The molecule has 3 aliphatic rings. The molecular weight excluding hydrogens is 893 g/mol. The standard InChI is InChI=1S/C53H54N8O9/c1-66-27-30-19-42(60(25-30)50(62)45(58-52(64)68-3)32-11-7-5-8-12-32)48-54-24-41(56-48)35-15-17-37-36(21-35)29-70-44-23-38-34(22-39(37)44)16-18-40-47(38)57-49(55-40)43-20-31(28-67-2)26-61(43)51(63)46(59-53(65)69-4)33-13-9-6-10-14-33/h5-18,21-24,30-31,42-43,45-46H,19-20,25-29H2,1-4H3,(H,54,56)(H,55,57)(H,58,64)(H,59,65). The highest BCUT2D eigenvalue weighted by Crippen LogP contribution is 2.44. The van der Waals surface area contributed by atoms with Gasteiger partial charge >= 0.3 is 12.2 Å². The van der Waals surface area contributed by atoms with Crippen molar-refractivity contribution in [2.45, 2.75) is 43.6 Å². The van der Waals surface area contributed by atoms with E-state index in [1.165, 1.54) is 14.2 Å². The van der Waals surface area contributed by atoms with E-state index in [2.05, 4.69) is 50.9 Å². The van der Waals surface area contributed by atoms with Gasteiger partial charge in [0.25, 0.3) is 11.8 Å². The number of carbonyl (C=O) groups excluding carboxylic acids is 4. The van der Waals surface area contributed by atoms with Crippen molar-refractivity contribution in [1.82, 2.24) is 40.4 Å². The van der Waals surface area contributed by atoms with Gasteiger partial charge in [-0.05, 0) is 70.3 Å². The Morgan fingerprint density at radius 2 is 1.30 bits per heavy atom. The molecule has 0 aliphatic carbocycles. The Labute approximate surface area is 403 Å². The summed E-state index contributed by atoms with van der Waals surface area (Å²) in [6.07, 6.45) is 1.63. The van der Waals surface area contributed by atoms with Crippen LogP contribution >= 0.6 is 0 Å². The summed E-state index contributed by atoms with van der Waals surface area (Å²) in [5.74, 6) is 1.59. The normalized spacial score (nSPS) is 19.3. The summed E-state index contributed by atoms with van der Waals surface area (Å²) in [5.41, 5.74) is 7.59. The topological polar surface area (TPSA) is 202 Å². The van der Waals surface area contributed by atoms with Gasteiger partial charge in [-0.1, -0.05) is 78.9 Å². The van der Waals surface area contributed by atoms with Crippen LogP contribution in [0.3, 0.4) is 0 Å². The second-order valence-corrected chi connectivity index (χ2v) is 18.1. The maximum atomic E-state index is 14.5. The van der Waals surface area contributed by atoms with Crippen LogP contribution in [0.4, 0.5) is 9.59 Å². The van der Waals surface area contributed by atoms with Crippen molar-refractivity contribution in [2.24, 2.45) is 11.8 Å². The van der Waals surface area contributed by atoms with E-state index >= 15 is 0 Å². The molecule has 5 heterocycles. The van der Waals surface area contributed by atoms with Crippen LogP contribution in [0.5, 0.6) is 5.75 Å². The Morgan fingerprint density at radius 3 is 1.89 bits per heavy atom. The Kier molecular flexibility index (Phi) is 12.9. The molecule has 2 fully saturated rings. The number of hydrogen-bond acceptors (Lipinski definition) is 11. The van der Waals surface area contributed by atoms with Crippen LogP contribution in [0.15, 0.2) is 109 Å². The van der Waals surface area contributed by atoms with Crippen molar-refractivity contribution in [3.05, 3.63) is 138 Å². The first-order chi connectivity index (χ1) is 34.1. The van der Waals surface area contributed by atoms with Crippen molar-refractivity contribution in [2.75, 3.05) is 54.7 Å². The number of amides is 4. The molecule has 0 saturated carbocycles. The van der Waals surface area contributed by atoms with Gasteiger partial charge in [0.2, 0.25) is 0 Å². The van der Waals surface area contributed by atoms with Gasteiger partial charge in [-0.25, -0.2) is 19.6 Å². The summed E-state index contributed by atoms with van der Waals surface area (Å²) < 4.78 is 27.4. The summed E-state index contributed by atoms with van der Waals surface area (Å²) in [4.78, 5) is 74.4. The molecule has 0 spiro atoms. The fourth-order valence-corrected chi connectivity index (χ4v) is 10.4. The van der Waals surface area contributed by atoms with Gasteiger partial charge in [0.1, 0.15) is 36.1 Å². The SMILES string of the molecule is COCC1CC(c2ncc(-c3ccc4c(c3)COc3cc5c(ccc6[nH]c(C7CC(COC)CN7C(=O)C(NC(=O)OC)c7ccccc7)nc65)cc3-4)[nH]2)N(C(=O)C(NC(=O)OC)c2ccccc2)C1. The number of rotatable bonds is 13. The third-order valence-electron chi connectivity index (χ3n) is 13.7. The predicted molar refractivity (Wildman–Crippen MR) is 259 cm³/mol. The first kappa shape index (κ1) is 46.0. The Hall–Kier alpha value is -7.76. The summed E-state index contributed by atoms with van der Waals surface area (Å²) in [6.45, 7) is 2.12. The van der Waals surface area contributed by atoms with Gasteiger partial charge in [-0.3, -0.25) is 9.59 Å². The van der Waals surface area contributed by atoms with E-state index in [1.807, 2.05) is 72.8 Å². The molecule has 2 saturated heterocycles. The fraction of sp³-hybridized carbons (Fsp3) is 0.321. The lowest BCUT2D eigenvalue weighted by Gasteiger charge is -2.28. The maximum absolute atomic E-state index is 14.5. The Bertz CT molecular complexity index is 3070. The number of fused-ring (bicyclic) bond motifs is 6. The molecule has 0 bridgehead atoms. The van der Waals surface area contributed by atoms with Crippen LogP contribution in [0.1, 0.15) is 65.3 Å². The zero-order chi connectivity index (χ0) is 48.5. The minimum Gasteiger partial charge on any atom is -0.488 e. The highest BCUT2D eigenvalue weighted by Gasteiger charge is 2.43. The largest absolute Gasteiger partial charge is 0.488 e. The number of aromatic amines is 2. The molecule has 2 aromatic heterocycles. The van der Waals surface area contributed by atoms with Gasteiger partial charge in [0.05, 0.1) is 62.4 Å². The van der Waals surface area contributed by atoms with Crippen LogP contribution in [-0.4, -0.2) is 108 Å². The lowest BCUT2D eigenvalue weighted by Crippen LogP contribution is -2.43. The number of ether oxygens (including phenoxy) is 5. The molecule has 4 N–H and O–H groups in total. The van der Waals surface area contributed by atoms with Crippen LogP contribution < -0.4 is 15.4 Å². The third-order valence-corrected chi connectivity index (χ3v) is 13.7.